The van der Waals surface area contributed by atoms with E-state index in [2.05, 4.69) is 19.4 Å². The molecule has 100 valence electrons. The largest absolute Gasteiger partial charge is 0.478 e. The van der Waals surface area contributed by atoms with Crippen molar-refractivity contribution in [3.8, 4) is 0 Å². The van der Waals surface area contributed by atoms with Crippen molar-refractivity contribution in [2.45, 2.75) is 11.6 Å². The van der Waals surface area contributed by atoms with Crippen molar-refractivity contribution in [3.05, 3.63) is 41.9 Å². The minimum absolute atomic E-state index is 0.0405. The van der Waals surface area contributed by atoms with Gasteiger partial charge in [0.1, 0.15) is 6.26 Å². The number of nitrogens with zero attached hydrogens (tertiary/aromatic N) is 2. The molecule has 0 saturated carbocycles. The molecule has 0 spiro atoms. The van der Waals surface area contributed by atoms with E-state index >= 15 is 0 Å². The average molecular weight is 283 g/mol. The zero-order valence-corrected chi connectivity index (χ0v) is 10.3. The lowest BCUT2D eigenvalue weighted by molar-refractivity contribution is 0.0696. The van der Waals surface area contributed by atoms with Crippen molar-refractivity contribution in [2.24, 2.45) is 0 Å². The SMILES string of the molecule is O=C(O)c1ccc(S(=O)(=O)NCc2ccon2)nc1. The Hall–Kier alpha value is -2.26. The molecule has 0 unspecified atom stereocenters. The van der Waals surface area contributed by atoms with Crippen LogP contribution in [0.15, 0.2) is 40.2 Å². The summed E-state index contributed by atoms with van der Waals surface area (Å²) in [7, 11) is -3.81. The van der Waals surface area contributed by atoms with Crippen LogP contribution in [0.5, 0.6) is 0 Å². The summed E-state index contributed by atoms with van der Waals surface area (Å²) in [5, 5.41) is 12.0. The number of aromatic carboxylic acids is 1. The van der Waals surface area contributed by atoms with Crippen LogP contribution in [-0.2, 0) is 16.6 Å². The molecule has 2 N–H and O–H groups in total. The molecular formula is C10H9N3O5S. The molecule has 0 bridgehead atoms. The summed E-state index contributed by atoms with van der Waals surface area (Å²) < 4.78 is 30.5. The average Bonchev–Trinajstić information content (AvgIpc) is 2.90. The van der Waals surface area contributed by atoms with E-state index in [0.29, 0.717) is 5.69 Å². The maximum Gasteiger partial charge on any atom is 0.337 e. The summed E-state index contributed by atoms with van der Waals surface area (Å²) in [5.74, 6) is -1.17. The molecule has 0 atom stereocenters. The molecule has 2 heterocycles. The minimum Gasteiger partial charge on any atom is -0.478 e. The minimum atomic E-state index is -3.81. The second-order valence-corrected chi connectivity index (χ2v) is 5.22. The molecule has 0 amide bonds. The highest BCUT2D eigenvalue weighted by Gasteiger charge is 2.16. The third-order valence-corrected chi connectivity index (χ3v) is 3.51. The van der Waals surface area contributed by atoms with Crippen molar-refractivity contribution in [1.82, 2.24) is 14.9 Å². The maximum absolute atomic E-state index is 11.8. The number of aromatic nitrogens is 2. The Kier molecular flexibility index (Phi) is 3.58. The van der Waals surface area contributed by atoms with Crippen LogP contribution in [0.4, 0.5) is 0 Å². The zero-order chi connectivity index (χ0) is 13.9. The number of hydrogen-bond donors (Lipinski definition) is 2. The first-order valence-corrected chi connectivity index (χ1v) is 6.55. The number of rotatable bonds is 5. The van der Waals surface area contributed by atoms with Gasteiger partial charge in [-0.1, -0.05) is 5.16 Å². The van der Waals surface area contributed by atoms with Gasteiger partial charge in [-0.25, -0.2) is 22.9 Å². The lowest BCUT2D eigenvalue weighted by Gasteiger charge is -2.04. The fraction of sp³-hybridized carbons (Fsp3) is 0.100. The van der Waals surface area contributed by atoms with Crippen molar-refractivity contribution in [2.75, 3.05) is 0 Å². The summed E-state index contributed by atoms with van der Waals surface area (Å²) >= 11 is 0. The summed E-state index contributed by atoms with van der Waals surface area (Å²) in [5.41, 5.74) is 0.334. The van der Waals surface area contributed by atoms with Crippen LogP contribution < -0.4 is 4.72 Å². The van der Waals surface area contributed by atoms with Crippen molar-refractivity contribution >= 4 is 16.0 Å². The van der Waals surface area contributed by atoms with Crippen LogP contribution in [0, 0.1) is 0 Å². The van der Waals surface area contributed by atoms with Gasteiger partial charge in [0, 0.05) is 12.3 Å². The van der Waals surface area contributed by atoms with Crippen LogP contribution in [0.3, 0.4) is 0 Å². The summed E-state index contributed by atoms with van der Waals surface area (Å²) in [6.45, 7) is -0.0405. The predicted molar refractivity (Wildman–Crippen MR) is 61.7 cm³/mol. The van der Waals surface area contributed by atoms with E-state index in [9.17, 15) is 13.2 Å². The molecule has 0 radical (unpaired) electrons. The molecule has 9 heteroatoms. The van der Waals surface area contributed by atoms with Gasteiger partial charge in [0.05, 0.1) is 17.8 Å². The molecule has 0 fully saturated rings. The monoisotopic (exact) mass is 283 g/mol. The number of hydrogen-bond acceptors (Lipinski definition) is 6. The van der Waals surface area contributed by atoms with Crippen LogP contribution >= 0.6 is 0 Å². The molecule has 2 aromatic heterocycles. The van der Waals surface area contributed by atoms with Crippen LogP contribution in [-0.4, -0.2) is 29.6 Å². The van der Waals surface area contributed by atoms with Crippen molar-refractivity contribution in [1.29, 1.82) is 0 Å². The Morgan fingerprint density at radius 1 is 1.37 bits per heavy atom. The maximum atomic E-state index is 11.8. The lowest BCUT2D eigenvalue weighted by Crippen LogP contribution is -2.24. The Labute approximate surface area is 108 Å². The van der Waals surface area contributed by atoms with Crippen LogP contribution in [0.2, 0.25) is 0 Å². The Morgan fingerprint density at radius 3 is 2.68 bits per heavy atom. The van der Waals surface area contributed by atoms with Gasteiger partial charge in [-0.3, -0.25) is 0 Å². The van der Waals surface area contributed by atoms with E-state index in [0.717, 1.165) is 12.3 Å². The standard InChI is InChI=1S/C10H9N3O5S/c14-10(15)7-1-2-9(11-5-7)19(16,17)12-6-8-3-4-18-13-8/h1-5,12H,6H2,(H,14,15). The quantitative estimate of drug-likeness (QED) is 0.806. The molecule has 19 heavy (non-hydrogen) atoms. The van der Waals surface area contributed by atoms with Gasteiger partial charge in [-0.15, -0.1) is 0 Å². The highest BCUT2D eigenvalue weighted by atomic mass is 32.2. The number of pyridine rings is 1. The zero-order valence-electron chi connectivity index (χ0n) is 9.48. The molecule has 0 aromatic carbocycles. The fourth-order valence-corrected chi connectivity index (χ4v) is 2.16. The Bertz CT molecular complexity index is 664. The summed E-state index contributed by atoms with van der Waals surface area (Å²) in [6, 6.07) is 3.80. The number of nitrogens with one attached hydrogen (secondary N) is 1. The second-order valence-electron chi connectivity index (χ2n) is 3.51. The first kappa shape index (κ1) is 13.2. The van der Waals surface area contributed by atoms with E-state index < -0.39 is 16.0 Å². The van der Waals surface area contributed by atoms with Gasteiger partial charge in [-0.05, 0) is 12.1 Å². The summed E-state index contributed by atoms with van der Waals surface area (Å²) in [4.78, 5) is 14.2. The highest BCUT2D eigenvalue weighted by molar-refractivity contribution is 7.89. The smallest absolute Gasteiger partial charge is 0.337 e. The number of carboxylic acid groups (broad SMARTS) is 1. The Balaban J connectivity index is 2.13. The van der Waals surface area contributed by atoms with Gasteiger partial charge in [0.25, 0.3) is 10.0 Å². The molecule has 0 saturated heterocycles. The fourth-order valence-electron chi connectivity index (χ4n) is 1.24. The molecule has 2 rings (SSSR count). The highest BCUT2D eigenvalue weighted by Crippen LogP contribution is 2.07. The van der Waals surface area contributed by atoms with E-state index in [1.807, 2.05) is 0 Å². The Morgan fingerprint density at radius 2 is 2.16 bits per heavy atom. The first-order valence-electron chi connectivity index (χ1n) is 5.07. The third-order valence-electron chi connectivity index (χ3n) is 2.19. The van der Waals surface area contributed by atoms with E-state index in [1.54, 1.807) is 0 Å². The van der Waals surface area contributed by atoms with E-state index in [1.165, 1.54) is 18.4 Å². The molecular weight excluding hydrogens is 274 g/mol. The lowest BCUT2D eigenvalue weighted by atomic mass is 10.3. The number of sulfonamides is 1. The van der Waals surface area contributed by atoms with Crippen LogP contribution in [0.25, 0.3) is 0 Å². The van der Waals surface area contributed by atoms with Crippen LogP contribution in [0.1, 0.15) is 16.1 Å². The molecule has 0 aliphatic carbocycles. The predicted octanol–water partition coefficient (Wildman–Crippen LogP) is 0.246. The first-order chi connectivity index (χ1) is 8.99. The normalized spacial score (nSPS) is 11.4. The number of carboxylic acids is 1. The van der Waals surface area contributed by atoms with Gasteiger partial charge < -0.3 is 9.63 Å². The molecule has 2 aromatic rings. The van der Waals surface area contributed by atoms with E-state index in [-0.39, 0.29) is 17.1 Å². The molecule has 8 nitrogen and oxygen atoms in total. The van der Waals surface area contributed by atoms with Gasteiger partial charge in [0.15, 0.2) is 5.03 Å². The van der Waals surface area contributed by atoms with Gasteiger partial charge >= 0.3 is 5.97 Å². The van der Waals surface area contributed by atoms with Gasteiger partial charge in [-0.2, -0.15) is 0 Å². The van der Waals surface area contributed by atoms with Gasteiger partial charge in [0.2, 0.25) is 0 Å². The van der Waals surface area contributed by atoms with Crippen molar-refractivity contribution in [3.63, 3.8) is 0 Å². The van der Waals surface area contributed by atoms with Crippen molar-refractivity contribution < 1.29 is 22.8 Å². The number of carbonyl (C=O) groups is 1. The molecule has 0 aliphatic rings. The molecule has 0 aliphatic heterocycles. The topological polar surface area (TPSA) is 122 Å². The van der Waals surface area contributed by atoms with E-state index in [4.69, 9.17) is 5.11 Å². The third kappa shape index (κ3) is 3.14. The second kappa shape index (κ2) is 5.16. The summed E-state index contributed by atoms with van der Waals surface area (Å²) in [6.07, 6.45) is 2.30.